The molecule has 0 N–H and O–H groups in total. The van der Waals surface area contributed by atoms with Crippen LogP contribution in [0.15, 0.2) is 12.1 Å². The van der Waals surface area contributed by atoms with E-state index in [2.05, 4.69) is 4.74 Å². The molecule has 7 nitrogen and oxygen atoms in total. The van der Waals surface area contributed by atoms with Crippen molar-refractivity contribution in [2.75, 3.05) is 18.6 Å². The van der Waals surface area contributed by atoms with Crippen LogP contribution in [0, 0.1) is 29.9 Å². The van der Waals surface area contributed by atoms with Crippen molar-refractivity contribution >= 4 is 23.3 Å². The molecule has 0 bridgehead atoms. The molecule has 0 aromatic heterocycles. The highest BCUT2D eigenvalue weighted by Gasteiger charge is 2.37. The van der Waals surface area contributed by atoms with E-state index in [9.17, 15) is 19.7 Å². The van der Waals surface area contributed by atoms with Gasteiger partial charge in [-0.15, -0.1) is 0 Å². The fourth-order valence-electron chi connectivity index (χ4n) is 2.71. The van der Waals surface area contributed by atoms with Gasteiger partial charge in [0.05, 0.1) is 18.0 Å². The van der Waals surface area contributed by atoms with E-state index in [0.717, 1.165) is 0 Å². The molecule has 1 heterocycles. The second kappa shape index (κ2) is 5.51. The monoisotopic (exact) mass is 292 g/mol. The van der Waals surface area contributed by atoms with Crippen LogP contribution >= 0.6 is 0 Å². The standard InChI is InChI=1S/C14H16N2O5/c1-8-4-11(16(19)20)5-9(2)13(8)15-7-10(6-12(15)17)14(18)21-3/h4-5,10H,6-7H2,1-3H3. The maximum atomic E-state index is 12.1. The van der Waals surface area contributed by atoms with Crippen molar-refractivity contribution in [3.63, 3.8) is 0 Å². The lowest BCUT2D eigenvalue weighted by Gasteiger charge is -2.21. The number of anilines is 1. The third-order valence-electron chi connectivity index (χ3n) is 3.62. The van der Waals surface area contributed by atoms with Gasteiger partial charge in [0.2, 0.25) is 5.91 Å². The van der Waals surface area contributed by atoms with Crippen molar-refractivity contribution in [3.8, 4) is 0 Å². The first-order chi connectivity index (χ1) is 9.85. The first kappa shape index (κ1) is 15.0. The van der Waals surface area contributed by atoms with Crippen molar-refractivity contribution in [1.29, 1.82) is 0 Å². The van der Waals surface area contributed by atoms with Crippen molar-refractivity contribution in [2.45, 2.75) is 20.3 Å². The SMILES string of the molecule is COC(=O)C1CC(=O)N(c2c(C)cc([N+](=O)[O-])cc2C)C1. The Balaban J connectivity index is 2.37. The van der Waals surface area contributed by atoms with Gasteiger partial charge < -0.3 is 9.64 Å². The van der Waals surface area contributed by atoms with Crippen molar-refractivity contribution in [3.05, 3.63) is 33.4 Å². The molecular formula is C14H16N2O5. The number of benzene rings is 1. The molecular weight excluding hydrogens is 276 g/mol. The van der Waals surface area contributed by atoms with E-state index in [1.54, 1.807) is 13.8 Å². The molecule has 1 aromatic rings. The minimum absolute atomic E-state index is 0.00934. The number of non-ortho nitro benzene ring substituents is 1. The van der Waals surface area contributed by atoms with Crippen LogP contribution in [0.5, 0.6) is 0 Å². The molecule has 2 rings (SSSR count). The third kappa shape index (κ3) is 2.72. The van der Waals surface area contributed by atoms with Crippen molar-refractivity contribution < 1.29 is 19.2 Å². The summed E-state index contributed by atoms with van der Waals surface area (Å²) in [5.41, 5.74) is 1.91. The number of rotatable bonds is 3. The number of nitro benzene ring substituents is 1. The number of carbonyl (C=O) groups is 2. The molecule has 7 heteroatoms. The number of ether oxygens (including phenoxy) is 1. The Bertz CT molecular complexity index is 603. The second-order valence-electron chi connectivity index (χ2n) is 5.11. The normalized spacial score (nSPS) is 18.0. The van der Waals surface area contributed by atoms with Gasteiger partial charge in [-0.05, 0) is 25.0 Å². The predicted octanol–water partition coefficient (Wildman–Crippen LogP) is 1.74. The summed E-state index contributed by atoms with van der Waals surface area (Å²) in [4.78, 5) is 35.6. The van der Waals surface area contributed by atoms with Gasteiger partial charge in [0.25, 0.3) is 5.69 Å². The Morgan fingerprint density at radius 1 is 1.38 bits per heavy atom. The molecule has 1 fully saturated rings. The third-order valence-corrected chi connectivity index (χ3v) is 3.62. The summed E-state index contributed by atoms with van der Waals surface area (Å²) < 4.78 is 4.67. The fourth-order valence-corrected chi connectivity index (χ4v) is 2.71. The average molecular weight is 292 g/mol. The number of hydrogen-bond donors (Lipinski definition) is 0. The second-order valence-corrected chi connectivity index (χ2v) is 5.11. The van der Waals surface area contributed by atoms with E-state index >= 15 is 0 Å². The quantitative estimate of drug-likeness (QED) is 0.481. The largest absolute Gasteiger partial charge is 0.469 e. The van der Waals surface area contributed by atoms with Gasteiger partial charge in [-0.1, -0.05) is 0 Å². The Morgan fingerprint density at radius 2 is 1.95 bits per heavy atom. The number of aryl methyl sites for hydroxylation is 2. The Kier molecular flexibility index (Phi) is 3.93. The highest BCUT2D eigenvalue weighted by atomic mass is 16.6. The zero-order valence-electron chi connectivity index (χ0n) is 12.1. The van der Waals surface area contributed by atoms with Crippen LogP contribution in [-0.4, -0.2) is 30.5 Å². The smallest absolute Gasteiger partial charge is 0.311 e. The van der Waals surface area contributed by atoms with E-state index in [1.165, 1.54) is 24.1 Å². The van der Waals surface area contributed by atoms with Crippen molar-refractivity contribution in [2.24, 2.45) is 5.92 Å². The van der Waals surface area contributed by atoms with Crippen LogP contribution in [0.2, 0.25) is 0 Å². The molecule has 1 aliphatic heterocycles. The van der Waals surface area contributed by atoms with Crippen LogP contribution in [0.4, 0.5) is 11.4 Å². The minimum Gasteiger partial charge on any atom is -0.469 e. The number of nitrogens with zero attached hydrogens (tertiary/aromatic N) is 2. The highest BCUT2D eigenvalue weighted by Crippen LogP contribution is 2.33. The van der Waals surface area contributed by atoms with E-state index < -0.39 is 16.8 Å². The molecule has 112 valence electrons. The maximum absolute atomic E-state index is 12.1. The molecule has 1 saturated heterocycles. The molecule has 1 aliphatic rings. The molecule has 21 heavy (non-hydrogen) atoms. The van der Waals surface area contributed by atoms with E-state index in [4.69, 9.17) is 0 Å². The molecule has 0 spiro atoms. The number of amides is 1. The number of esters is 1. The van der Waals surface area contributed by atoms with Crippen LogP contribution in [-0.2, 0) is 14.3 Å². The van der Waals surface area contributed by atoms with Crippen LogP contribution in [0.1, 0.15) is 17.5 Å². The summed E-state index contributed by atoms with van der Waals surface area (Å²) in [6.07, 6.45) is 0.0997. The first-order valence-corrected chi connectivity index (χ1v) is 6.49. The topological polar surface area (TPSA) is 89.8 Å². The van der Waals surface area contributed by atoms with Gasteiger partial charge in [-0.25, -0.2) is 0 Å². The first-order valence-electron chi connectivity index (χ1n) is 6.49. The summed E-state index contributed by atoms with van der Waals surface area (Å²) in [7, 11) is 1.29. The lowest BCUT2D eigenvalue weighted by molar-refractivity contribution is -0.384. The summed E-state index contributed by atoms with van der Waals surface area (Å²) >= 11 is 0. The molecule has 1 unspecified atom stereocenters. The zero-order valence-corrected chi connectivity index (χ0v) is 12.1. The van der Waals surface area contributed by atoms with Crippen molar-refractivity contribution in [1.82, 2.24) is 0 Å². The molecule has 1 amide bonds. The van der Waals surface area contributed by atoms with E-state index in [-0.39, 0.29) is 24.6 Å². The van der Waals surface area contributed by atoms with Gasteiger partial charge in [0.15, 0.2) is 0 Å². The van der Waals surface area contributed by atoms with E-state index in [1.807, 2.05) is 0 Å². The summed E-state index contributed by atoms with van der Waals surface area (Å²) in [6, 6.07) is 2.86. The summed E-state index contributed by atoms with van der Waals surface area (Å²) in [5.74, 6) is -1.08. The van der Waals surface area contributed by atoms with Gasteiger partial charge >= 0.3 is 5.97 Å². The zero-order chi connectivity index (χ0) is 15.7. The van der Waals surface area contributed by atoms with Gasteiger partial charge in [0, 0.05) is 30.8 Å². The number of carbonyl (C=O) groups excluding carboxylic acids is 2. The van der Waals surface area contributed by atoms with Crippen LogP contribution in [0.25, 0.3) is 0 Å². The number of methoxy groups -OCH3 is 1. The van der Waals surface area contributed by atoms with Crippen LogP contribution < -0.4 is 4.90 Å². The molecule has 1 atom stereocenters. The van der Waals surface area contributed by atoms with Gasteiger partial charge in [-0.3, -0.25) is 19.7 Å². The Hall–Kier alpha value is -2.44. The van der Waals surface area contributed by atoms with Gasteiger partial charge in [0.1, 0.15) is 0 Å². The van der Waals surface area contributed by atoms with E-state index in [0.29, 0.717) is 16.8 Å². The molecule has 0 saturated carbocycles. The fraction of sp³-hybridized carbons (Fsp3) is 0.429. The molecule has 0 aliphatic carbocycles. The highest BCUT2D eigenvalue weighted by molar-refractivity contribution is 6.00. The summed E-state index contributed by atoms with van der Waals surface area (Å²) in [6.45, 7) is 3.67. The number of nitro groups is 1. The lowest BCUT2D eigenvalue weighted by atomic mass is 10.1. The molecule has 1 aromatic carbocycles. The molecule has 0 radical (unpaired) electrons. The number of hydrogen-bond acceptors (Lipinski definition) is 5. The lowest BCUT2D eigenvalue weighted by Crippen LogP contribution is -2.27. The minimum atomic E-state index is -0.489. The average Bonchev–Trinajstić information content (AvgIpc) is 2.79. The van der Waals surface area contributed by atoms with Crippen LogP contribution in [0.3, 0.4) is 0 Å². The maximum Gasteiger partial charge on any atom is 0.311 e. The van der Waals surface area contributed by atoms with Gasteiger partial charge in [-0.2, -0.15) is 0 Å². The predicted molar refractivity (Wildman–Crippen MR) is 75.0 cm³/mol. The Labute approximate surface area is 121 Å². The Morgan fingerprint density at radius 3 is 2.43 bits per heavy atom. The summed E-state index contributed by atoms with van der Waals surface area (Å²) in [5, 5.41) is 10.8.